The molecule has 0 radical (unpaired) electrons. The summed E-state index contributed by atoms with van der Waals surface area (Å²) in [6.07, 6.45) is 0.831. The number of carbonyl (C=O) groups is 1. The van der Waals surface area contributed by atoms with Gasteiger partial charge < -0.3 is 5.32 Å². The van der Waals surface area contributed by atoms with Crippen LogP contribution >= 0.6 is 11.3 Å². The number of amides is 1. The first-order valence-corrected chi connectivity index (χ1v) is 8.41. The van der Waals surface area contributed by atoms with Crippen molar-refractivity contribution in [3.63, 3.8) is 0 Å². The molecule has 0 bridgehead atoms. The lowest BCUT2D eigenvalue weighted by molar-refractivity contribution is 0.0950. The second-order valence-electron chi connectivity index (χ2n) is 5.39. The van der Waals surface area contributed by atoms with Gasteiger partial charge in [-0.3, -0.25) is 4.79 Å². The molecule has 3 aromatic rings. The number of aryl methyl sites for hydroxylation is 1. The Morgan fingerprint density at radius 2 is 1.83 bits per heavy atom. The van der Waals surface area contributed by atoms with Gasteiger partial charge in [-0.2, -0.15) is 0 Å². The molecule has 1 N–H and O–H groups in total. The van der Waals surface area contributed by atoms with Gasteiger partial charge in [0.15, 0.2) is 0 Å². The molecule has 2 aromatic carbocycles. The van der Waals surface area contributed by atoms with E-state index >= 15 is 0 Å². The van der Waals surface area contributed by atoms with Crippen LogP contribution in [0.3, 0.4) is 0 Å². The lowest BCUT2D eigenvalue weighted by Crippen LogP contribution is -2.23. The number of benzene rings is 2. The maximum Gasteiger partial charge on any atom is 0.251 e. The maximum atomic E-state index is 12.2. The van der Waals surface area contributed by atoms with E-state index in [1.165, 1.54) is 5.56 Å². The number of hydrogen-bond donors (Lipinski definition) is 1. The summed E-state index contributed by atoms with van der Waals surface area (Å²) in [5.74, 6) is -0.0549. The first-order valence-electron chi connectivity index (χ1n) is 7.53. The van der Waals surface area contributed by atoms with Crippen molar-refractivity contribution < 1.29 is 4.79 Å². The molecular formula is C19H18N2OS. The molecule has 4 heteroatoms. The van der Waals surface area contributed by atoms with Gasteiger partial charge in [0.2, 0.25) is 0 Å². The van der Waals surface area contributed by atoms with Crippen molar-refractivity contribution in [1.82, 2.24) is 10.3 Å². The zero-order valence-corrected chi connectivity index (χ0v) is 13.8. The molecule has 0 aliphatic heterocycles. The summed E-state index contributed by atoms with van der Waals surface area (Å²) >= 11 is 1.63. The Bertz CT molecular complexity index is 796. The fourth-order valence-electron chi connectivity index (χ4n) is 2.38. The van der Waals surface area contributed by atoms with Gasteiger partial charge in [-0.25, -0.2) is 4.98 Å². The van der Waals surface area contributed by atoms with Crippen molar-refractivity contribution in [2.75, 3.05) is 0 Å². The molecule has 1 aromatic heterocycles. The average Bonchev–Trinajstić information content (AvgIpc) is 3.01. The minimum atomic E-state index is -0.0549. The van der Waals surface area contributed by atoms with Gasteiger partial charge in [0.05, 0.1) is 17.2 Å². The van der Waals surface area contributed by atoms with Crippen LogP contribution in [0.2, 0.25) is 0 Å². The minimum absolute atomic E-state index is 0.0549. The summed E-state index contributed by atoms with van der Waals surface area (Å²) in [6.45, 7) is 2.40. The Kier molecular flexibility index (Phi) is 4.83. The molecule has 0 unspecified atom stereocenters. The second-order valence-corrected chi connectivity index (χ2v) is 6.34. The molecule has 0 spiro atoms. The molecule has 3 nitrogen and oxygen atoms in total. The Morgan fingerprint density at radius 3 is 2.61 bits per heavy atom. The summed E-state index contributed by atoms with van der Waals surface area (Å²) < 4.78 is 0. The highest BCUT2D eigenvalue weighted by atomic mass is 32.1. The Labute approximate surface area is 140 Å². The number of thiazole rings is 1. The van der Waals surface area contributed by atoms with Gasteiger partial charge >= 0.3 is 0 Å². The number of rotatable bonds is 5. The average molecular weight is 322 g/mol. The van der Waals surface area contributed by atoms with Crippen LogP contribution in [0.25, 0.3) is 0 Å². The van der Waals surface area contributed by atoms with Crippen molar-refractivity contribution in [3.8, 4) is 0 Å². The first kappa shape index (κ1) is 15.4. The Balaban J connectivity index is 1.59. The standard InChI is InChI=1S/C19H18N2OS/c1-14-7-5-6-10-17(14)19(22)20-12-16-13-23-18(21-16)11-15-8-3-2-4-9-15/h2-10,13H,11-12H2,1H3,(H,20,22). The lowest BCUT2D eigenvalue weighted by Gasteiger charge is -2.06. The van der Waals surface area contributed by atoms with Gasteiger partial charge in [0.1, 0.15) is 0 Å². The third-order valence-corrected chi connectivity index (χ3v) is 4.51. The monoisotopic (exact) mass is 322 g/mol. The van der Waals surface area contributed by atoms with Crippen molar-refractivity contribution in [1.29, 1.82) is 0 Å². The second kappa shape index (κ2) is 7.20. The van der Waals surface area contributed by atoms with Crippen LogP contribution in [0.5, 0.6) is 0 Å². The molecular weight excluding hydrogens is 304 g/mol. The molecule has 0 fully saturated rings. The highest BCUT2D eigenvalue weighted by Crippen LogP contribution is 2.15. The van der Waals surface area contributed by atoms with E-state index < -0.39 is 0 Å². The van der Waals surface area contributed by atoms with Crippen LogP contribution in [0, 0.1) is 6.92 Å². The summed E-state index contributed by atoms with van der Waals surface area (Å²) in [5, 5.41) is 6.01. The number of nitrogens with zero attached hydrogens (tertiary/aromatic N) is 1. The predicted octanol–water partition coefficient (Wildman–Crippen LogP) is 3.97. The summed E-state index contributed by atoms with van der Waals surface area (Å²) in [4.78, 5) is 16.8. The largest absolute Gasteiger partial charge is 0.346 e. The SMILES string of the molecule is Cc1ccccc1C(=O)NCc1csc(Cc2ccccc2)n1. The van der Waals surface area contributed by atoms with Gasteiger partial charge in [-0.15, -0.1) is 11.3 Å². The Hall–Kier alpha value is -2.46. The summed E-state index contributed by atoms with van der Waals surface area (Å²) in [7, 11) is 0. The highest BCUT2D eigenvalue weighted by molar-refractivity contribution is 7.09. The van der Waals surface area contributed by atoms with E-state index in [0.29, 0.717) is 12.1 Å². The van der Waals surface area contributed by atoms with Crippen molar-refractivity contribution in [3.05, 3.63) is 87.4 Å². The van der Waals surface area contributed by atoms with Crippen LogP contribution in [0.4, 0.5) is 0 Å². The third-order valence-electron chi connectivity index (χ3n) is 3.62. The van der Waals surface area contributed by atoms with Gasteiger partial charge in [0, 0.05) is 17.4 Å². The van der Waals surface area contributed by atoms with E-state index in [1.54, 1.807) is 11.3 Å². The summed E-state index contributed by atoms with van der Waals surface area (Å²) in [5.41, 5.74) is 3.85. The highest BCUT2D eigenvalue weighted by Gasteiger charge is 2.09. The fraction of sp³-hybridized carbons (Fsp3) is 0.158. The van der Waals surface area contributed by atoms with Gasteiger partial charge in [-0.1, -0.05) is 48.5 Å². The molecule has 0 aliphatic rings. The van der Waals surface area contributed by atoms with Crippen molar-refractivity contribution >= 4 is 17.2 Å². The molecule has 0 saturated heterocycles. The zero-order valence-electron chi connectivity index (χ0n) is 13.0. The molecule has 0 saturated carbocycles. The van der Waals surface area contributed by atoms with E-state index in [-0.39, 0.29) is 5.91 Å². The predicted molar refractivity (Wildman–Crippen MR) is 93.7 cm³/mol. The van der Waals surface area contributed by atoms with Crippen LogP contribution in [-0.2, 0) is 13.0 Å². The molecule has 3 rings (SSSR count). The molecule has 1 heterocycles. The molecule has 0 atom stereocenters. The summed E-state index contributed by atoms with van der Waals surface area (Å²) in [6, 6.07) is 17.9. The zero-order chi connectivity index (χ0) is 16.1. The van der Waals surface area contributed by atoms with Gasteiger partial charge in [-0.05, 0) is 24.1 Å². The third kappa shape index (κ3) is 4.05. The van der Waals surface area contributed by atoms with E-state index in [4.69, 9.17) is 0 Å². The minimum Gasteiger partial charge on any atom is -0.346 e. The number of nitrogens with one attached hydrogen (secondary N) is 1. The Morgan fingerprint density at radius 1 is 1.09 bits per heavy atom. The molecule has 1 amide bonds. The quantitative estimate of drug-likeness (QED) is 0.772. The van der Waals surface area contributed by atoms with E-state index in [0.717, 1.165) is 22.7 Å². The number of hydrogen-bond acceptors (Lipinski definition) is 3. The van der Waals surface area contributed by atoms with Gasteiger partial charge in [0.25, 0.3) is 5.91 Å². The van der Waals surface area contributed by atoms with Crippen molar-refractivity contribution in [2.24, 2.45) is 0 Å². The topological polar surface area (TPSA) is 42.0 Å². The maximum absolute atomic E-state index is 12.2. The van der Waals surface area contributed by atoms with E-state index in [2.05, 4.69) is 22.4 Å². The fourth-order valence-corrected chi connectivity index (χ4v) is 3.20. The van der Waals surface area contributed by atoms with Crippen LogP contribution in [0.15, 0.2) is 60.0 Å². The lowest BCUT2D eigenvalue weighted by atomic mass is 10.1. The number of carbonyl (C=O) groups excluding carboxylic acids is 1. The molecule has 116 valence electrons. The first-order chi connectivity index (χ1) is 11.2. The smallest absolute Gasteiger partial charge is 0.251 e. The number of aromatic nitrogens is 1. The normalized spacial score (nSPS) is 10.5. The molecule has 0 aliphatic carbocycles. The van der Waals surface area contributed by atoms with Crippen LogP contribution in [0.1, 0.15) is 32.2 Å². The van der Waals surface area contributed by atoms with Crippen molar-refractivity contribution in [2.45, 2.75) is 19.9 Å². The van der Waals surface area contributed by atoms with Crippen LogP contribution in [-0.4, -0.2) is 10.9 Å². The van der Waals surface area contributed by atoms with Crippen LogP contribution < -0.4 is 5.32 Å². The molecule has 23 heavy (non-hydrogen) atoms. The van der Waals surface area contributed by atoms with E-state index in [9.17, 15) is 4.79 Å². The van der Waals surface area contributed by atoms with E-state index in [1.807, 2.05) is 54.8 Å².